The molecule has 3 rings (SSSR count). The van der Waals surface area contributed by atoms with E-state index in [0.717, 1.165) is 16.6 Å². The summed E-state index contributed by atoms with van der Waals surface area (Å²) in [4.78, 5) is 16.4. The minimum Gasteiger partial charge on any atom is -0.478 e. The number of hydrogen-bond acceptors (Lipinski definition) is 2. The van der Waals surface area contributed by atoms with Gasteiger partial charge in [-0.1, -0.05) is 55.8 Å². The number of nitrogens with zero attached hydrogens (tertiary/aromatic N) is 1. The number of carboxylic acid groups (broad SMARTS) is 1. The Kier molecular flexibility index (Phi) is 4.05. The Bertz CT molecular complexity index is 903. The van der Waals surface area contributed by atoms with Gasteiger partial charge in [0.15, 0.2) is 0 Å². The molecule has 3 nitrogen and oxygen atoms in total. The fraction of sp³-hybridized carbons (Fsp3) is 0.158. The Hall–Kier alpha value is -2.39. The summed E-state index contributed by atoms with van der Waals surface area (Å²) < 4.78 is 0. The van der Waals surface area contributed by atoms with Crippen molar-refractivity contribution in [3.63, 3.8) is 0 Å². The molecular weight excluding hydrogens is 310 g/mol. The van der Waals surface area contributed by atoms with Crippen molar-refractivity contribution in [3.05, 3.63) is 64.7 Å². The van der Waals surface area contributed by atoms with Gasteiger partial charge in [-0.25, -0.2) is 9.78 Å². The van der Waals surface area contributed by atoms with Gasteiger partial charge in [-0.15, -0.1) is 0 Å². The lowest BCUT2D eigenvalue weighted by atomic mass is 9.96. The van der Waals surface area contributed by atoms with Gasteiger partial charge in [0, 0.05) is 16.0 Å². The highest BCUT2D eigenvalue weighted by atomic mass is 35.5. The van der Waals surface area contributed by atoms with Crippen LogP contribution in [0.2, 0.25) is 5.02 Å². The van der Waals surface area contributed by atoms with E-state index in [-0.39, 0.29) is 11.5 Å². The summed E-state index contributed by atoms with van der Waals surface area (Å²) in [7, 11) is 0. The van der Waals surface area contributed by atoms with Gasteiger partial charge in [-0.05, 0) is 29.7 Å². The quantitative estimate of drug-likeness (QED) is 0.703. The van der Waals surface area contributed by atoms with Crippen LogP contribution in [-0.2, 0) is 0 Å². The van der Waals surface area contributed by atoms with Crippen molar-refractivity contribution in [2.75, 3.05) is 0 Å². The number of aromatic nitrogens is 1. The molecule has 1 aromatic heterocycles. The van der Waals surface area contributed by atoms with Crippen LogP contribution < -0.4 is 0 Å². The Labute approximate surface area is 139 Å². The average Bonchev–Trinajstić information content (AvgIpc) is 2.52. The number of fused-ring (bicyclic) bond motifs is 1. The topological polar surface area (TPSA) is 50.2 Å². The largest absolute Gasteiger partial charge is 0.478 e. The molecule has 0 amide bonds. The second-order valence-corrected chi connectivity index (χ2v) is 6.21. The summed E-state index contributed by atoms with van der Waals surface area (Å²) in [5, 5.41) is 10.8. The number of hydrogen-bond donors (Lipinski definition) is 1. The van der Waals surface area contributed by atoms with Gasteiger partial charge in [0.05, 0.1) is 16.8 Å². The molecular formula is C19H16ClNO2. The zero-order valence-electron chi connectivity index (χ0n) is 12.9. The summed E-state index contributed by atoms with van der Waals surface area (Å²) >= 11 is 6.05. The van der Waals surface area contributed by atoms with Crippen LogP contribution in [0.15, 0.2) is 48.5 Å². The van der Waals surface area contributed by atoms with Crippen LogP contribution in [0.5, 0.6) is 0 Å². The van der Waals surface area contributed by atoms with Gasteiger partial charge >= 0.3 is 5.97 Å². The number of benzene rings is 2. The molecule has 3 aromatic rings. The van der Waals surface area contributed by atoms with E-state index in [9.17, 15) is 9.90 Å². The van der Waals surface area contributed by atoms with Crippen molar-refractivity contribution in [2.45, 2.75) is 19.8 Å². The molecule has 0 saturated carbocycles. The van der Waals surface area contributed by atoms with Crippen molar-refractivity contribution in [1.82, 2.24) is 4.98 Å². The normalized spacial score (nSPS) is 11.1. The first-order valence-electron chi connectivity index (χ1n) is 7.40. The molecule has 0 radical (unpaired) electrons. The molecule has 0 bridgehead atoms. The molecule has 1 heterocycles. The van der Waals surface area contributed by atoms with E-state index in [2.05, 4.69) is 13.8 Å². The first-order chi connectivity index (χ1) is 11.0. The van der Waals surface area contributed by atoms with Gasteiger partial charge in [0.2, 0.25) is 0 Å². The molecule has 116 valence electrons. The number of halogens is 1. The fourth-order valence-electron chi connectivity index (χ4n) is 2.71. The van der Waals surface area contributed by atoms with Gasteiger partial charge in [-0.2, -0.15) is 0 Å². The third-order valence-electron chi connectivity index (χ3n) is 3.84. The van der Waals surface area contributed by atoms with E-state index >= 15 is 0 Å². The zero-order valence-corrected chi connectivity index (χ0v) is 13.6. The average molecular weight is 326 g/mol. The van der Waals surface area contributed by atoms with Crippen molar-refractivity contribution in [2.24, 2.45) is 0 Å². The number of para-hydroxylation sites is 1. The molecule has 23 heavy (non-hydrogen) atoms. The van der Waals surface area contributed by atoms with Crippen molar-refractivity contribution in [3.8, 4) is 11.3 Å². The highest BCUT2D eigenvalue weighted by Crippen LogP contribution is 2.30. The third-order valence-corrected chi connectivity index (χ3v) is 4.08. The van der Waals surface area contributed by atoms with Crippen LogP contribution in [0.1, 0.15) is 35.7 Å². The number of aromatic carboxylic acids is 1. The Balaban J connectivity index is 2.36. The van der Waals surface area contributed by atoms with E-state index in [4.69, 9.17) is 16.6 Å². The molecule has 0 aliphatic heterocycles. The molecule has 1 N–H and O–H groups in total. The SMILES string of the molecule is CC(C)c1cccc2c(C(=O)O)cc(-c3cccc(Cl)c3)nc12. The molecule has 0 saturated heterocycles. The fourth-order valence-corrected chi connectivity index (χ4v) is 2.90. The molecule has 0 spiro atoms. The van der Waals surface area contributed by atoms with Gasteiger partial charge < -0.3 is 5.11 Å². The lowest BCUT2D eigenvalue weighted by molar-refractivity contribution is 0.0699. The lowest BCUT2D eigenvalue weighted by Crippen LogP contribution is -2.02. The minimum absolute atomic E-state index is 0.252. The standard InChI is InChI=1S/C19H16ClNO2/c1-11(2)14-7-4-8-15-16(19(22)23)10-17(21-18(14)15)12-5-3-6-13(20)9-12/h3-11H,1-2H3,(H,22,23). The minimum atomic E-state index is -0.957. The summed E-state index contributed by atoms with van der Waals surface area (Å²) in [6.45, 7) is 4.14. The first-order valence-corrected chi connectivity index (χ1v) is 7.78. The lowest BCUT2D eigenvalue weighted by Gasteiger charge is -2.13. The maximum absolute atomic E-state index is 11.7. The van der Waals surface area contributed by atoms with Crippen molar-refractivity contribution < 1.29 is 9.90 Å². The highest BCUT2D eigenvalue weighted by molar-refractivity contribution is 6.30. The summed E-state index contributed by atoms with van der Waals surface area (Å²) in [5.41, 5.74) is 3.45. The van der Waals surface area contributed by atoms with E-state index < -0.39 is 5.97 Å². The first kappa shape index (κ1) is 15.5. The molecule has 4 heteroatoms. The van der Waals surface area contributed by atoms with Crippen LogP contribution in [0.4, 0.5) is 0 Å². The maximum Gasteiger partial charge on any atom is 0.336 e. The molecule has 0 aliphatic carbocycles. The van der Waals surface area contributed by atoms with E-state index in [1.54, 1.807) is 24.3 Å². The predicted octanol–water partition coefficient (Wildman–Crippen LogP) is 5.38. The number of carboxylic acids is 1. The zero-order chi connectivity index (χ0) is 16.6. The second-order valence-electron chi connectivity index (χ2n) is 5.77. The van der Waals surface area contributed by atoms with Gasteiger partial charge in [0.25, 0.3) is 0 Å². The monoisotopic (exact) mass is 325 g/mol. The van der Waals surface area contributed by atoms with Gasteiger partial charge in [0.1, 0.15) is 0 Å². The highest BCUT2D eigenvalue weighted by Gasteiger charge is 2.16. The molecule has 0 fully saturated rings. The molecule has 2 aromatic carbocycles. The van der Waals surface area contributed by atoms with Crippen LogP contribution in [0, 0.1) is 0 Å². The van der Waals surface area contributed by atoms with Crippen molar-refractivity contribution in [1.29, 1.82) is 0 Å². The Morgan fingerprint density at radius 2 is 1.87 bits per heavy atom. The van der Waals surface area contributed by atoms with E-state index in [1.807, 2.05) is 24.3 Å². The number of pyridine rings is 1. The summed E-state index contributed by atoms with van der Waals surface area (Å²) in [6, 6.07) is 14.6. The predicted molar refractivity (Wildman–Crippen MR) is 93.2 cm³/mol. The van der Waals surface area contributed by atoms with E-state index in [0.29, 0.717) is 16.1 Å². The van der Waals surface area contributed by atoms with Crippen LogP contribution in [0.25, 0.3) is 22.2 Å². The smallest absolute Gasteiger partial charge is 0.336 e. The Morgan fingerprint density at radius 1 is 1.13 bits per heavy atom. The van der Waals surface area contributed by atoms with E-state index in [1.165, 1.54) is 0 Å². The van der Waals surface area contributed by atoms with Crippen molar-refractivity contribution >= 4 is 28.5 Å². The summed E-state index contributed by atoms with van der Waals surface area (Å²) in [5.74, 6) is -0.705. The Morgan fingerprint density at radius 3 is 2.52 bits per heavy atom. The van der Waals surface area contributed by atoms with Crippen LogP contribution in [0.3, 0.4) is 0 Å². The van der Waals surface area contributed by atoms with Crippen LogP contribution in [-0.4, -0.2) is 16.1 Å². The third kappa shape index (κ3) is 2.92. The number of rotatable bonds is 3. The second kappa shape index (κ2) is 6.01. The molecule has 0 atom stereocenters. The molecule has 0 unspecified atom stereocenters. The maximum atomic E-state index is 11.7. The molecule has 0 aliphatic rings. The summed E-state index contributed by atoms with van der Waals surface area (Å²) in [6.07, 6.45) is 0. The van der Waals surface area contributed by atoms with Gasteiger partial charge in [-0.3, -0.25) is 0 Å². The number of carbonyl (C=O) groups is 1. The van der Waals surface area contributed by atoms with Crippen LogP contribution >= 0.6 is 11.6 Å².